The van der Waals surface area contributed by atoms with Crippen LogP contribution in [0, 0.1) is 0 Å². The second-order valence-corrected chi connectivity index (χ2v) is 5.60. The monoisotopic (exact) mass is 289 g/mol. The highest BCUT2D eigenvalue weighted by Gasteiger charge is 2.22. The third-order valence-corrected chi connectivity index (χ3v) is 3.50. The highest BCUT2D eigenvalue weighted by atomic mass is 16.2. The Morgan fingerprint density at radius 2 is 1.62 bits per heavy atom. The Hall–Kier alpha value is -2.04. The summed E-state index contributed by atoms with van der Waals surface area (Å²) >= 11 is 0. The van der Waals surface area contributed by atoms with E-state index in [9.17, 15) is 9.59 Å². The number of nitrogens with zero attached hydrogens (tertiary/aromatic N) is 2. The number of hydrogen-bond donors (Lipinski definition) is 1. The van der Waals surface area contributed by atoms with Crippen LogP contribution in [-0.4, -0.2) is 54.0 Å². The number of rotatable bonds is 2. The molecule has 3 amide bonds. The first-order valence-corrected chi connectivity index (χ1v) is 7.47. The second-order valence-electron chi connectivity index (χ2n) is 5.60. The predicted molar refractivity (Wildman–Crippen MR) is 82.2 cm³/mol. The van der Waals surface area contributed by atoms with Crippen LogP contribution in [0.15, 0.2) is 30.3 Å². The molecule has 0 bridgehead atoms. The van der Waals surface area contributed by atoms with Gasteiger partial charge in [-0.1, -0.05) is 18.2 Å². The lowest BCUT2D eigenvalue weighted by Gasteiger charge is -2.23. The minimum atomic E-state index is -0.0426. The van der Waals surface area contributed by atoms with Crippen molar-refractivity contribution < 1.29 is 9.59 Å². The van der Waals surface area contributed by atoms with E-state index in [0.29, 0.717) is 31.7 Å². The largest absolute Gasteiger partial charge is 0.337 e. The first-order chi connectivity index (χ1) is 10.1. The topological polar surface area (TPSA) is 52.7 Å². The molecule has 0 spiro atoms. The van der Waals surface area contributed by atoms with Gasteiger partial charge in [0, 0.05) is 37.8 Å². The molecule has 21 heavy (non-hydrogen) atoms. The van der Waals surface area contributed by atoms with Crippen molar-refractivity contribution in [1.82, 2.24) is 15.1 Å². The molecule has 1 aromatic carbocycles. The number of carbonyl (C=O) groups is 2. The van der Waals surface area contributed by atoms with Crippen molar-refractivity contribution in [3.8, 4) is 0 Å². The fourth-order valence-electron chi connectivity index (χ4n) is 2.43. The highest BCUT2D eigenvalue weighted by molar-refractivity contribution is 5.94. The van der Waals surface area contributed by atoms with E-state index >= 15 is 0 Å². The zero-order chi connectivity index (χ0) is 15.2. The van der Waals surface area contributed by atoms with E-state index in [1.807, 2.05) is 49.1 Å². The van der Waals surface area contributed by atoms with Crippen LogP contribution in [0.1, 0.15) is 30.6 Å². The average Bonchev–Trinajstić information content (AvgIpc) is 2.72. The molecule has 0 aromatic heterocycles. The predicted octanol–water partition coefficient (Wildman–Crippen LogP) is 1.95. The number of amides is 3. The molecule has 1 aromatic rings. The lowest BCUT2D eigenvalue weighted by molar-refractivity contribution is 0.0762. The van der Waals surface area contributed by atoms with Gasteiger partial charge >= 0.3 is 6.03 Å². The summed E-state index contributed by atoms with van der Waals surface area (Å²) in [5, 5.41) is 2.90. The lowest BCUT2D eigenvalue weighted by Crippen LogP contribution is -2.44. The molecule has 1 aliphatic rings. The Kier molecular flexibility index (Phi) is 5.20. The van der Waals surface area contributed by atoms with E-state index in [-0.39, 0.29) is 18.0 Å². The lowest BCUT2D eigenvalue weighted by atomic mass is 10.2. The Morgan fingerprint density at radius 1 is 1.00 bits per heavy atom. The van der Waals surface area contributed by atoms with Gasteiger partial charge in [0.25, 0.3) is 5.91 Å². The number of benzene rings is 1. The molecule has 1 N–H and O–H groups in total. The minimum absolute atomic E-state index is 0.0426. The van der Waals surface area contributed by atoms with Crippen LogP contribution in [-0.2, 0) is 0 Å². The van der Waals surface area contributed by atoms with Crippen molar-refractivity contribution in [3.63, 3.8) is 0 Å². The molecular weight excluding hydrogens is 266 g/mol. The molecule has 0 radical (unpaired) electrons. The standard InChI is InChI=1S/C16H23N3O2/c1-13(2)17-16(21)19-10-6-9-18(11-12-19)15(20)14-7-4-3-5-8-14/h3-5,7-8,13H,6,9-12H2,1-2H3,(H,17,21). The van der Waals surface area contributed by atoms with Crippen molar-refractivity contribution in [1.29, 1.82) is 0 Å². The van der Waals surface area contributed by atoms with Crippen molar-refractivity contribution in [2.75, 3.05) is 26.2 Å². The first kappa shape index (κ1) is 15.4. The van der Waals surface area contributed by atoms with Crippen LogP contribution in [0.3, 0.4) is 0 Å². The summed E-state index contributed by atoms with van der Waals surface area (Å²) in [4.78, 5) is 28.1. The van der Waals surface area contributed by atoms with Gasteiger partial charge in [-0.25, -0.2) is 4.79 Å². The van der Waals surface area contributed by atoms with Gasteiger partial charge in [0.1, 0.15) is 0 Å². The quantitative estimate of drug-likeness (QED) is 0.905. The van der Waals surface area contributed by atoms with E-state index in [1.165, 1.54) is 0 Å². The Balaban J connectivity index is 1.95. The molecule has 5 nitrogen and oxygen atoms in total. The minimum Gasteiger partial charge on any atom is -0.337 e. The molecule has 114 valence electrons. The van der Waals surface area contributed by atoms with Crippen molar-refractivity contribution >= 4 is 11.9 Å². The summed E-state index contributed by atoms with van der Waals surface area (Å²) in [6.07, 6.45) is 0.810. The molecular formula is C16H23N3O2. The first-order valence-electron chi connectivity index (χ1n) is 7.47. The average molecular weight is 289 g/mol. The fraction of sp³-hybridized carbons (Fsp3) is 0.500. The summed E-state index contributed by atoms with van der Waals surface area (Å²) < 4.78 is 0. The number of hydrogen-bond acceptors (Lipinski definition) is 2. The Labute approximate surface area is 125 Å². The molecule has 5 heteroatoms. The van der Waals surface area contributed by atoms with Gasteiger partial charge in [-0.05, 0) is 32.4 Å². The summed E-state index contributed by atoms with van der Waals surface area (Å²) in [7, 11) is 0. The van der Waals surface area contributed by atoms with Crippen LogP contribution in [0.5, 0.6) is 0 Å². The van der Waals surface area contributed by atoms with Gasteiger partial charge in [-0.15, -0.1) is 0 Å². The van der Waals surface area contributed by atoms with Gasteiger partial charge < -0.3 is 15.1 Å². The SMILES string of the molecule is CC(C)NC(=O)N1CCCN(C(=O)c2ccccc2)CC1. The molecule has 1 saturated heterocycles. The van der Waals surface area contributed by atoms with Crippen molar-refractivity contribution in [3.05, 3.63) is 35.9 Å². The van der Waals surface area contributed by atoms with Crippen LogP contribution in [0.2, 0.25) is 0 Å². The second kappa shape index (κ2) is 7.11. The molecule has 0 aliphatic carbocycles. The molecule has 0 unspecified atom stereocenters. The van der Waals surface area contributed by atoms with E-state index in [0.717, 1.165) is 6.42 Å². The highest BCUT2D eigenvalue weighted by Crippen LogP contribution is 2.09. The summed E-state index contributed by atoms with van der Waals surface area (Å²) in [5.41, 5.74) is 0.706. The van der Waals surface area contributed by atoms with Crippen molar-refractivity contribution in [2.45, 2.75) is 26.3 Å². The van der Waals surface area contributed by atoms with E-state index < -0.39 is 0 Å². The normalized spacial score (nSPS) is 15.8. The van der Waals surface area contributed by atoms with Gasteiger partial charge in [0.2, 0.25) is 0 Å². The third kappa shape index (κ3) is 4.21. The molecule has 2 rings (SSSR count). The third-order valence-electron chi connectivity index (χ3n) is 3.50. The van der Waals surface area contributed by atoms with Crippen LogP contribution in [0.4, 0.5) is 4.79 Å². The summed E-state index contributed by atoms with van der Waals surface area (Å²) in [6, 6.07) is 9.38. The summed E-state index contributed by atoms with van der Waals surface area (Å²) in [5.74, 6) is 0.0433. The molecule has 1 aliphatic heterocycles. The maximum absolute atomic E-state index is 12.4. The van der Waals surface area contributed by atoms with Gasteiger partial charge in [0.15, 0.2) is 0 Å². The van der Waals surface area contributed by atoms with Crippen LogP contribution >= 0.6 is 0 Å². The van der Waals surface area contributed by atoms with Gasteiger partial charge in [0.05, 0.1) is 0 Å². The number of carbonyl (C=O) groups excluding carboxylic acids is 2. The molecule has 1 heterocycles. The van der Waals surface area contributed by atoms with E-state index in [2.05, 4.69) is 5.32 Å². The number of urea groups is 1. The molecule has 0 atom stereocenters. The molecule has 0 saturated carbocycles. The van der Waals surface area contributed by atoms with Gasteiger partial charge in [-0.2, -0.15) is 0 Å². The smallest absolute Gasteiger partial charge is 0.317 e. The Morgan fingerprint density at radius 3 is 2.29 bits per heavy atom. The maximum Gasteiger partial charge on any atom is 0.317 e. The number of nitrogens with one attached hydrogen (secondary N) is 1. The van der Waals surface area contributed by atoms with Crippen LogP contribution in [0.25, 0.3) is 0 Å². The summed E-state index contributed by atoms with van der Waals surface area (Å²) in [6.45, 7) is 6.44. The zero-order valence-corrected chi connectivity index (χ0v) is 12.7. The fourth-order valence-corrected chi connectivity index (χ4v) is 2.43. The Bertz CT molecular complexity index is 488. The van der Waals surface area contributed by atoms with E-state index in [4.69, 9.17) is 0 Å². The van der Waals surface area contributed by atoms with Gasteiger partial charge in [-0.3, -0.25) is 4.79 Å². The van der Waals surface area contributed by atoms with Crippen molar-refractivity contribution in [2.24, 2.45) is 0 Å². The maximum atomic E-state index is 12.4. The van der Waals surface area contributed by atoms with E-state index in [1.54, 1.807) is 4.90 Å². The zero-order valence-electron chi connectivity index (χ0n) is 12.7. The van der Waals surface area contributed by atoms with Crippen LogP contribution < -0.4 is 5.32 Å². The molecule has 1 fully saturated rings.